The van der Waals surface area contributed by atoms with E-state index in [2.05, 4.69) is 32.2 Å². The van der Waals surface area contributed by atoms with Crippen molar-refractivity contribution in [3.05, 3.63) is 42.5 Å². The first-order valence-corrected chi connectivity index (χ1v) is 7.08. The van der Waals surface area contributed by atoms with Crippen molar-refractivity contribution < 1.29 is 0 Å². The van der Waals surface area contributed by atoms with Gasteiger partial charge in [0.15, 0.2) is 0 Å². The fourth-order valence-electron chi connectivity index (χ4n) is 2.74. The third kappa shape index (κ3) is 3.01. The minimum atomic E-state index is 0.835. The van der Waals surface area contributed by atoms with Gasteiger partial charge in [-0.3, -0.25) is 4.57 Å². The van der Waals surface area contributed by atoms with E-state index in [0.29, 0.717) is 0 Å². The number of benzene rings is 1. The second kappa shape index (κ2) is 5.97. The highest BCUT2D eigenvalue weighted by Crippen LogP contribution is 2.19. The molecule has 2 aromatic rings. The van der Waals surface area contributed by atoms with Gasteiger partial charge in [0, 0.05) is 12.1 Å². The van der Waals surface area contributed by atoms with E-state index in [0.717, 1.165) is 36.9 Å². The number of aromatic nitrogens is 3. The Hall–Kier alpha value is -1.68. The Morgan fingerprint density at radius 1 is 1.16 bits per heavy atom. The van der Waals surface area contributed by atoms with Gasteiger partial charge in [-0.15, -0.1) is 10.2 Å². The van der Waals surface area contributed by atoms with Crippen LogP contribution in [0.4, 0.5) is 0 Å². The molecule has 1 saturated heterocycles. The van der Waals surface area contributed by atoms with Crippen LogP contribution >= 0.6 is 0 Å². The summed E-state index contributed by atoms with van der Waals surface area (Å²) < 4.78 is 2.10. The zero-order valence-electron chi connectivity index (χ0n) is 11.1. The van der Waals surface area contributed by atoms with Crippen molar-refractivity contribution in [2.75, 3.05) is 13.1 Å². The van der Waals surface area contributed by atoms with Crippen molar-refractivity contribution in [1.82, 2.24) is 20.1 Å². The number of piperidine rings is 1. The van der Waals surface area contributed by atoms with Gasteiger partial charge in [0.25, 0.3) is 0 Å². The molecular formula is C15H20N4. The smallest absolute Gasteiger partial charge is 0.137 e. The highest BCUT2D eigenvalue weighted by Gasteiger charge is 2.14. The van der Waals surface area contributed by atoms with Crippen molar-refractivity contribution in [3.63, 3.8) is 0 Å². The summed E-state index contributed by atoms with van der Waals surface area (Å²) in [5.74, 6) is 1.91. The highest BCUT2D eigenvalue weighted by molar-refractivity contribution is 5.31. The van der Waals surface area contributed by atoms with Gasteiger partial charge in [0.2, 0.25) is 0 Å². The number of nitrogens with one attached hydrogen (secondary N) is 1. The zero-order valence-corrected chi connectivity index (χ0v) is 11.1. The lowest BCUT2D eigenvalue weighted by Crippen LogP contribution is -2.28. The van der Waals surface area contributed by atoms with Gasteiger partial charge in [-0.1, -0.05) is 18.2 Å². The molecule has 1 aliphatic heterocycles. The van der Waals surface area contributed by atoms with Crippen molar-refractivity contribution >= 4 is 0 Å². The highest BCUT2D eigenvalue weighted by atomic mass is 15.3. The SMILES string of the molecule is c1ccc(-n2cnnc2CCC2CCNCC2)cc1. The summed E-state index contributed by atoms with van der Waals surface area (Å²) >= 11 is 0. The maximum absolute atomic E-state index is 4.27. The number of para-hydroxylation sites is 1. The van der Waals surface area contributed by atoms with Crippen LogP contribution in [0.3, 0.4) is 0 Å². The average molecular weight is 256 g/mol. The summed E-state index contributed by atoms with van der Waals surface area (Å²) in [6.45, 7) is 2.33. The van der Waals surface area contributed by atoms with Crippen molar-refractivity contribution in [1.29, 1.82) is 0 Å². The molecule has 0 bridgehead atoms. The number of hydrogen-bond acceptors (Lipinski definition) is 3. The lowest BCUT2D eigenvalue weighted by molar-refractivity contribution is 0.352. The van der Waals surface area contributed by atoms with Gasteiger partial charge < -0.3 is 5.32 Å². The number of rotatable bonds is 4. The number of hydrogen-bond donors (Lipinski definition) is 1. The van der Waals surface area contributed by atoms with Crippen LogP contribution in [-0.2, 0) is 6.42 Å². The summed E-state index contributed by atoms with van der Waals surface area (Å²) in [7, 11) is 0. The normalized spacial score (nSPS) is 16.6. The molecule has 1 N–H and O–H groups in total. The molecule has 0 spiro atoms. The summed E-state index contributed by atoms with van der Waals surface area (Å²) in [5, 5.41) is 11.7. The van der Waals surface area contributed by atoms with Crippen molar-refractivity contribution in [2.24, 2.45) is 5.92 Å². The molecule has 19 heavy (non-hydrogen) atoms. The minimum Gasteiger partial charge on any atom is -0.317 e. The third-order valence-corrected chi connectivity index (χ3v) is 3.89. The Labute approximate surface area is 113 Å². The van der Waals surface area contributed by atoms with Crippen LogP contribution in [0, 0.1) is 5.92 Å². The van der Waals surface area contributed by atoms with Crippen LogP contribution < -0.4 is 5.32 Å². The van der Waals surface area contributed by atoms with E-state index < -0.39 is 0 Å². The van der Waals surface area contributed by atoms with Gasteiger partial charge in [-0.2, -0.15) is 0 Å². The van der Waals surface area contributed by atoms with Crippen LogP contribution in [0.2, 0.25) is 0 Å². The Morgan fingerprint density at radius 3 is 2.74 bits per heavy atom. The van der Waals surface area contributed by atoms with Crippen LogP contribution in [-0.4, -0.2) is 27.9 Å². The predicted molar refractivity (Wildman–Crippen MR) is 75.3 cm³/mol. The topological polar surface area (TPSA) is 42.7 Å². The van der Waals surface area contributed by atoms with Crippen LogP contribution in [0.15, 0.2) is 36.7 Å². The summed E-state index contributed by atoms with van der Waals surface area (Å²) in [6, 6.07) is 10.3. The molecule has 100 valence electrons. The summed E-state index contributed by atoms with van der Waals surface area (Å²) in [4.78, 5) is 0. The van der Waals surface area contributed by atoms with Crippen LogP contribution in [0.1, 0.15) is 25.1 Å². The fraction of sp³-hybridized carbons (Fsp3) is 0.467. The molecule has 0 radical (unpaired) electrons. The van der Waals surface area contributed by atoms with E-state index in [-0.39, 0.29) is 0 Å². The Bertz CT molecular complexity index is 500. The molecule has 1 aliphatic rings. The van der Waals surface area contributed by atoms with Crippen LogP contribution in [0.5, 0.6) is 0 Å². The van der Waals surface area contributed by atoms with E-state index in [1.54, 1.807) is 0 Å². The van der Waals surface area contributed by atoms with Gasteiger partial charge in [-0.05, 0) is 50.4 Å². The second-order valence-corrected chi connectivity index (χ2v) is 5.18. The molecule has 0 saturated carbocycles. The Balaban J connectivity index is 1.67. The predicted octanol–water partition coefficient (Wildman–Crippen LogP) is 2.20. The van der Waals surface area contributed by atoms with Gasteiger partial charge in [0.1, 0.15) is 12.2 Å². The summed E-state index contributed by atoms with van der Waals surface area (Å²) in [6.07, 6.45) is 6.62. The zero-order chi connectivity index (χ0) is 12.9. The monoisotopic (exact) mass is 256 g/mol. The number of nitrogens with zero attached hydrogens (tertiary/aromatic N) is 3. The largest absolute Gasteiger partial charge is 0.317 e. The lowest BCUT2D eigenvalue weighted by Gasteiger charge is -2.22. The fourth-order valence-corrected chi connectivity index (χ4v) is 2.74. The van der Waals surface area contributed by atoms with Gasteiger partial charge in [0.05, 0.1) is 0 Å². The molecule has 0 amide bonds. The van der Waals surface area contributed by atoms with Gasteiger partial charge >= 0.3 is 0 Å². The molecule has 1 aromatic carbocycles. The molecule has 4 nitrogen and oxygen atoms in total. The molecule has 3 rings (SSSR count). The third-order valence-electron chi connectivity index (χ3n) is 3.89. The maximum atomic E-state index is 4.27. The Kier molecular flexibility index (Phi) is 3.89. The first kappa shape index (κ1) is 12.4. The molecule has 1 fully saturated rings. The average Bonchev–Trinajstić information content (AvgIpc) is 2.95. The standard InChI is InChI=1S/C15H20N4/c1-2-4-14(5-3-1)19-12-17-18-15(19)7-6-13-8-10-16-11-9-13/h1-5,12-13,16H,6-11H2. The molecule has 0 atom stereocenters. The molecular weight excluding hydrogens is 236 g/mol. The first-order chi connectivity index (χ1) is 9.43. The van der Waals surface area contributed by atoms with Crippen molar-refractivity contribution in [2.45, 2.75) is 25.7 Å². The first-order valence-electron chi connectivity index (χ1n) is 7.08. The Morgan fingerprint density at radius 2 is 1.95 bits per heavy atom. The maximum Gasteiger partial charge on any atom is 0.137 e. The molecule has 1 aromatic heterocycles. The van der Waals surface area contributed by atoms with Crippen LogP contribution in [0.25, 0.3) is 5.69 Å². The van der Waals surface area contributed by atoms with E-state index in [1.807, 2.05) is 24.5 Å². The van der Waals surface area contributed by atoms with E-state index in [4.69, 9.17) is 0 Å². The van der Waals surface area contributed by atoms with Crippen molar-refractivity contribution in [3.8, 4) is 5.69 Å². The quantitative estimate of drug-likeness (QED) is 0.912. The van der Waals surface area contributed by atoms with Gasteiger partial charge in [-0.25, -0.2) is 0 Å². The molecule has 2 heterocycles. The lowest BCUT2D eigenvalue weighted by atomic mass is 9.93. The molecule has 4 heteroatoms. The summed E-state index contributed by atoms with van der Waals surface area (Å²) in [5.41, 5.74) is 1.15. The second-order valence-electron chi connectivity index (χ2n) is 5.18. The minimum absolute atomic E-state index is 0.835. The molecule has 0 aliphatic carbocycles. The molecule has 0 unspecified atom stereocenters. The van der Waals surface area contributed by atoms with E-state index in [1.165, 1.54) is 19.3 Å². The van der Waals surface area contributed by atoms with E-state index >= 15 is 0 Å². The number of aryl methyl sites for hydroxylation is 1. The van der Waals surface area contributed by atoms with E-state index in [9.17, 15) is 0 Å².